The number of esters is 1. The number of nitrogens with zero attached hydrogens (tertiary/aromatic N) is 2. The molecule has 0 atom stereocenters. The first-order valence-electron chi connectivity index (χ1n) is 9.49. The van der Waals surface area contributed by atoms with Gasteiger partial charge in [0.2, 0.25) is 5.78 Å². The molecule has 0 radical (unpaired) electrons. The summed E-state index contributed by atoms with van der Waals surface area (Å²) in [4.78, 5) is 61.4. The van der Waals surface area contributed by atoms with Crippen molar-refractivity contribution in [3.8, 4) is 0 Å². The molecule has 0 unspecified atom stereocenters. The van der Waals surface area contributed by atoms with E-state index in [9.17, 15) is 29.3 Å². The first kappa shape index (κ1) is 21.8. The molecule has 0 bridgehead atoms. The van der Waals surface area contributed by atoms with Gasteiger partial charge < -0.3 is 4.74 Å². The Hall–Kier alpha value is -4.37. The Kier molecular flexibility index (Phi) is 5.72. The van der Waals surface area contributed by atoms with Crippen LogP contribution >= 0.6 is 11.6 Å². The number of nitro groups is 1. The van der Waals surface area contributed by atoms with Gasteiger partial charge in [-0.15, -0.1) is 0 Å². The summed E-state index contributed by atoms with van der Waals surface area (Å²) < 4.78 is 5.01. The lowest BCUT2D eigenvalue weighted by Crippen LogP contribution is -2.29. The molecule has 0 aliphatic carbocycles. The number of hydrogen-bond donors (Lipinski definition) is 0. The Morgan fingerprint density at radius 2 is 1.64 bits per heavy atom. The zero-order valence-electron chi connectivity index (χ0n) is 16.7. The number of amides is 2. The molecule has 3 aromatic carbocycles. The van der Waals surface area contributed by atoms with Crippen molar-refractivity contribution in [3.05, 3.63) is 104 Å². The first-order chi connectivity index (χ1) is 15.8. The topological polar surface area (TPSA) is 124 Å². The molecular formula is C23H13ClN2O7. The molecule has 2 amide bonds. The van der Waals surface area contributed by atoms with Crippen LogP contribution in [0.4, 0.5) is 11.4 Å². The fourth-order valence-electron chi connectivity index (χ4n) is 3.31. The van der Waals surface area contributed by atoms with Gasteiger partial charge in [-0.2, -0.15) is 0 Å². The summed E-state index contributed by atoms with van der Waals surface area (Å²) >= 11 is 5.95. The van der Waals surface area contributed by atoms with Crippen LogP contribution in [0.2, 0.25) is 5.02 Å². The second-order valence-electron chi connectivity index (χ2n) is 6.99. The fourth-order valence-corrected chi connectivity index (χ4v) is 3.49. The van der Waals surface area contributed by atoms with Crippen LogP contribution in [0.5, 0.6) is 0 Å². The Balaban J connectivity index is 1.50. The molecule has 33 heavy (non-hydrogen) atoms. The number of fused-ring (bicyclic) bond motifs is 1. The van der Waals surface area contributed by atoms with Crippen LogP contribution in [-0.2, 0) is 4.74 Å². The molecule has 1 heterocycles. The highest BCUT2D eigenvalue weighted by atomic mass is 35.5. The lowest BCUT2D eigenvalue weighted by molar-refractivity contribution is -0.384. The van der Waals surface area contributed by atoms with E-state index in [0.717, 1.165) is 11.0 Å². The maximum atomic E-state index is 12.8. The highest BCUT2D eigenvalue weighted by Crippen LogP contribution is 2.30. The lowest BCUT2D eigenvalue weighted by Gasteiger charge is -2.13. The standard InChI is InChI=1S/C23H13ClN2O7/c24-15-4-2-5-16(11-15)25-21(28)18-8-7-14(10-19(18)22(25)29)23(30)33-12-20(27)13-3-1-6-17(9-13)26(31)32/h1-11H,12H2. The van der Waals surface area contributed by atoms with Crippen LogP contribution in [0.3, 0.4) is 0 Å². The number of Topliss-reactive ketones (excluding diaryl/α,β-unsaturated/α-hetero) is 1. The van der Waals surface area contributed by atoms with E-state index in [2.05, 4.69) is 0 Å². The van der Waals surface area contributed by atoms with Gasteiger partial charge in [-0.05, 0) is 36.4 Å². The van der Waals surface area contributed by atoms with E-state index in [-0.39, 0.29) is 27.9 Å². The second kappa shape index (κ2) is 8.64. The van der Waals surface area contributed by atoms with Gasteiger partial charge in [0.15, 0.2) is 6.61 Å². The number of carbonyl (C=O) groups excluding carboxylic acids is 4. The summed E-state index contributed by atoms with van der Waals surface area (Å²) in [5.74, 6) is -2.71. The average Bonchev–Trinajstić information content (AvgIpc) is 3.06. The summed E-state index contributed by atoms with van der Waals surface area (Å²) in [6.07, 6.45) is 0. The number of anilines is 1. The van der Waals surface area contributed by atoms with Gasteiger partial charge >= 0.3 is 5.97 Å². The molecule has 0 saturated heterocycles. The SMILES string of the molecule is O=C(COC(=O)c1ccc2c(c1)C(=O)N(c1cccc(Cl)c1)C2=O)c1cccc([N+](=O)[O-])c1. The number of carbonyl (C=O) groups is 4. The van der Waals surface area contributed by atoms with Crippen molar-refractivity contribution in [3.63, 3.8) is 0 Å². The Morgan fingerprint density at radius 1 is 0.909 bits per heavy atom. The van der Waals surface area contributed by atoms with Gasteiger partial charge in [-0.3, -0.25) is 24.5 Å². The highest BCUT2D eigenvalue weighted by Gasteiger charge is 2.37. The third kappa shape index (κ3) is 4.21. The summed E-state index contributed by atoms with van der Waals surface area (Å²) in [6.45, 7) is -0.654. The van der Waals surface area contributed by atoms with E-state index in [4.69, 9.17) is 16.3 Å². The molecule has 0 fully saturated rings. The minimum absolute atomic E-state index is 0.0134. The van der Waals surface area contributed by atoms with Crippen molar-refractivity contribution in [2.45, 2.75) is 0 Å². The minimum atomic E-state index is -0.891. The summed E-state index contributed by atoms with van der Waals surface area (Å²) in [5.41, 5.74) is 0.140. The zero-order chi connectivity index (χ0) is 23.7. The van der Waals surface area contributed by atoms with Gasteiger partial charge in [0.25, 0.3) is 17.5 Å². The normalized spacial score (nSPS) is 12.5. The maximum absolute atomic E-state index is 12.8. The molecular weight excluding hydrogens is 452 g/mol. The number of halogens is 1. The predicted octanol–water partition coefficient (Wildman–Crippen LogP) is 4.09. The van der Waals surface area contributed by atoms with Crippen LogP contribution < -0.4 is 4.90 Å². The van der Waals surface area contributed by atoms with E-state index >= 15 is 0 Å². The van der Waals surface area contributed by atoms with Crippen LogP contribution in [0, 0.1) is 10.1 Å². The summed E-state index contributed by atoms with van der Waals surface area (Å²) in [7, 11) is 0. The number of benzene rings is 3. The van der Waals surface area contributed by atoms with E-state index in [1.54, 1.807) is 18.2 Å². The van der Waals surface area contributed by atoms with E-state index in [1.165, 1.54) is 42.5 Å². The predicted molar refractivity (Wildman–Crippen MR) is 117 cm³/mol. The summed E-state index contributed by atoms with van der Waals surface area (Å²) in [6, 6.07) is 15.1. The second-order valence-corrected chi connectivity index (χ2v) is 7.43. The number of imide groups is 1. The van der Waals surface area contributed by atoms with Crippen LogP contribution in [-0.4, -0.2) is 35.1 Å². The van der Waals surface area contributed by atoms with Crippen LogP contribution in [0.1, 0.15) is 41.4 Å². The van der Waals surface area contributed by atoms with Gasteiger partial charge in [0.05, 0.1) is 27.3 Å². The van der Waals surface area contributed by atoms with Gasteiger partial charge in [0, 0.05) is 22.7 Å². The van der Waals surface area contributed by atoms with Crippen molar-refractivity contribution in [2.24, 2.45) is 0 Å². The fraction of sp³-hybridized carbons (Fsp3) is 0.0435. The number of non-ortho nitro benzene ring substituents is 1. The molecule has 9 nitrogen and oxygen atoms in total. The largest absolute Gasteiger partial charge is 0.454 e. The van der Waals surface area contributed by atoms with Crippen LogP contribution in [0.25, 0.3) is 0 Å². The molecule has 10 heteroatoms. The number of ketones is 1. The third-order valence-electron chi connectivity index (χ3n) is 4.90. The Labute approximate surface area is 191 Å². The van der Waals surface area contributed by atoms with E-state index in [1.807, 2.05) is 0 Å². The molecule has 0 saturated carbocycles. The number of nitro benzene ring substituents is 1. The number of hydrogen-bond acceptors (Lipinski definition) is 7. The quantitative estimate of drug-likeness (QED) is 0.177. The van der Waals surface area contributed by atoms with Crippen molar-refractivity contribution >= 4 is 46.5 Å². The molecule has 0 spiro atoms. The highest BCUT2D eigenvalue weighted by molar-refractivity contribution is 6.35. The molecule has 0 N–H and O–H groups in total. The lowest BCUT2D eigenvalue weighted by atomic mass is 10.1. The Morgan fingerprint density at radius 3 is 2.36 bits per heavy atom. The van der Waals surface area contributed by atoms with Crippen molar-refractivity contribution < 1.29 is 28.8 Å². The molecule has 3 aromatic rings. The molecule has 164 valence electrons. The van der Waals surface area contributed by atoms with E-state index < -0.39 is 35.1 Å². The van der Waals surface area contributed by atoms with Crippen molar-refractivity contribution in [2.75, 3.05) is 11.5 Å². The monoisotopic (exact) mass is 464 g/mol. The van der Waals surface area contributed by atoms with Gasteiger partial charge in [0.1, 0.15) is 0 Å². The zero-order valence-corrected chi connectivity index (χ0v) is 17.4. The minimum Gasteiger partial charge on any atom is -0.454 e. The molecule has 1 aliphatic heterocycles. The van der Waals surface area contributed by atoms with E-state index in [0.29, 0.717) is 10.7 Å². The Bertz CT molecular complexity index is 1350. The third-order valence-corrected chi connectivity index (χ3v) is 5.14. The summed E-state index contributed by atoms with van der Waals surface area (Å²) in [5, 5.41) is 11.2. The molecule has 4 rings (SSSR count). The van der Waals surface area contributed by atoms with Crippen molar-refractivity contribution in [1.29, 1.82) is 0 Å². The van der Waals surface area contributed by atoms with Crippen molar-refractivity contribution in [1.82, 2.24) is 0 Å². The number of rotatable bonds is 6. The van der Waals surface area contributed by atoms with Crippen LogP contribution in [0.15, 0.2) is 66.7 Å². The molecule has 0 aromatic heterocycles. The van der Waals surface area contributed by atoms with Gasteiger partial charge in [-0.25, -0.2) is 9.69 Å². The maximum Gasteiger partial charge on any atom is 0.338 e. The van der Waals surface area contributed by atoms with Gasteiger partial charge in [-0.1, -0.05) is 29.8 Å². The molecule has 1 aliphatic rings. The number of ether oxygens (including phenoxy) is 1. The smallest absolute Gasteiger partial charge is 0.338 e. The first-order valence-corrected chi connectivity index (χ1v) is 9.87. The average molecular weight is 465 g/mol.